The molecule has 112 valence electrons. The molecular formula is C15H19N3O2S. The Morgan fingerprint density at radius 3 is 2.76 bits per heavy atom. The first-order valence-corrected chi connectivity index (χ1v) is 7.73. The van der Waals surface area contributed by atoms with Crippen molar-refractivity contribution in [3.8, 4) is 5.75 Å². The van der Waals surface area contributed by atoms with Gasteiger partial charge in [0.2, 0.25) is 0 Å². The molecule has 1 aromatic heterocycles. The molecule has 0 unspecified atom stereocenters. The number of amides is 1. The largest absolute Gasteiger partial charge is 0.493 e. The van der Waals surface area contributed by atoms with Gasteiger partial charge in [0.25, 0.3) is 5.91 Å². The fraction of sp³-hybridized carbons (Fsp3) is 0.333. The van der Waals surface area contributed by atoms with E-state index in [1.54, 1.807) is 0 Å². The summed E-state index contributed by atoms with van der Waals surface area (Å²) in [6.07, 6.45) is 2.39. The van der Waals surface area contributed by atoms with Crippen LogP contribution in [0.1, 0.15) is 33.7 Å². The summed E-state index contributed by atoms with van der Waals surface area (Å²) in [5.74, 6) is 5.77. The minimum Gasteiger partial charge on any atom is -0.493 e. The van der Waals surface area contributed by atoms with Gasteiger partial charge >= 0.3 is 0 Å². The molecule has 0 fully saturated rings. The number of para-hydroxylation sites is 1. The SMILES string of the molecule is CCCc1nc(CCOc2ccccc2)sc1C(=O)NN. The zero-order chi connectivity index (χ0) is 15.1. The highest BCUT2D eigenvalue weighted by molar-refractivity contribution is 7.13. The summed E-state index contributed by atoms with van der Waals surface area (Å²) in [6, 6.07) is 9.64. The van der Waals surface area contributed by atoms with Gasteiger partial charge in [-0.2, -0.15) is 0 Å². The van der Waals surface area contributed by atoms with Crippen molar-refractivity contribution in [1.29, 1.82) is 0 Å². The van der Waals surface area contributed by atoms with E-state index in [1.807, 2.05) is 30.3 Å². The molecule has 0 saturated heterocycles. The number of nitrogens with zero attached hydrogens (tertiary/aromatic N) is 1. The van der Waals surface area contributed by atoms with Crippen LogP contribution in [0.5, 0.6) is 5.75 Å². The molecule has 0 saturated carbocycles. The van der Waals surface area contributed by atoms with Crippen LogP contribution in [0, 0.1) is 0 Å². The second-order valence-electron chi connectivity index (χ2n) is 4.52. The van der Waals surface area contributed by atoms with Crippen LogP contribution in [0.2, 0.25) is 0 Å². The summed E-state index contributed by atoms with van der Waals surface area (Å²) < 4.78 is 5.65. The smallest absolute Gasteiger partial charge is 0.277 e. The summed E-state index contributed by atoms with van der Waals surface area (Å²) in [5.41, 5.74) is 3.00. The molecule has 1 aromatic carbocycles. The maximum absolute atomic E-state index is 11.7. The van der Waals surface area contributed by atoms with E-state index in [1.165, 1.54) is 11.3 Å². The van der Waals surface area contributed by atoms with Crippen LogP contribution in [-0.2, 0) is 12.8 Å². The highest BCUT2D eigenvalue weighted by Gasteiger charge is 2.16. The van der Waals surface area contributed by atoms with Crippen LogP contribution >= 0.6 is 11.3 Å². The lowest BCUT2D eigenvalue weighted by Gasteiger charge is -2.03. The molecule has 6 heteroatoms. The Kier molecular flexibility index (Phi) is 5.71. The second-order valence-corrected chi connectivity index (χ2v) is 5.60. The van der Waals surface area contributed by atoms with E-state index in [0.29, 0.717) is 17.9 Å². The third kappa shape index (κ3) is 4.27. The van der Waals surface area contributed by atoms with Gasteiger partial charge in [-0.05, 0) is 18.6 Å². The van der Waals surface area contributed by atoms with Crippen molar-refractivity contribution in [3.05, 3.63) is 45.9 Å². The summed E-state index contributed by atoms with van der Waals surface area (Å²) in [7, 11) is 0. The number of thiazole rings is 1. The highest BCUT2D eigenvalue weighted by atomic mass is 32.1. The number of hydrogen-bond acceptors (Lipinski definition) is 5. The number of hydrazine groups is 1. The number of hydrogen-bond donors (Lipinski definition) is 2. The molecule has 21 heavy (non-hydrogen) atoms. The number of nitrogen functional groups attached to an aromatic ring is 1. The van der Waals surface area contributed by atoms with Crippen molar-refractivity contribution >= 4 is 17.2 Å². The molecule has 0 spiro atoms. The number of nitrogens with one attached hydrogen (secondary N) is 1. The monoisotopic (exact) mass is 305 g/mol. The van der Waals surface area contributed by atoms with E-state index in [9.17, 15) is 4.79 Å². The maximum Gasteiger partial charge on any atom is 0.277 e. The molecule has 2 rings (SSSR count). The first-order valence-electron chi connectivity index (χ1n) is 6.92. The lowest BCUT2D eigenvalue weighted by atomic mass is 10.2. The molecule has 5 nitrogen and oxygen atoms in total. The van der Waals surface area contributed by atoms with Gasteiger partial charge in [-0.25, -0.2) is 10.8 Å². The second kappa shape index (κ2) is 7.75. The topological polar surface area (TPSA) is 77.2 Å². The van der Waals surface area contributed by atoms with Crippen molar-refractivity contribution in [2.45, 2.75) is 26.2 Å². The Bertz CT molecular complexity index is 584. The van der Waals surface area contributed by atoms with Crippen molar-refractivity contribution in [3.63, 3.8) is 0 Å². The molecular weight excluding hydrogens is 286 g/mol. The van der Waals surface area contributed by atoms with Gasteiger partial charge in [0.05, 0.1) is 17.3 Å². The minimum atomic E-state index is -0.272. The Labute approximate surface area is 128 Å². The van der Waals surface area contributed by atoms with Gasteiger partial charge in [0.15, 0.2) is 0 Å². The number of benzene rings is 1. The van der Waals surface area contributed by atoms with E-state index < -0.39 is 0 Å². The lowest BCUT2D eigenvalue weighted by Crippen LogP contribution is -2.30. The normalized spacial score (nSPS) is 10.4. The zero-order valence-electron chi connectivity index (χ0n) is 12.0. The van der Waals surface area contributed by atoms with Crippen LogP contribution in [0.25, 0.3) is 0 Å². The lowest BCUT2D eigenvalue weighted by molar-refractivity contribution is 0.0956. The number of ether oxygens (including phenoxy) is 1. The van der Waals surface area contributed by atoms with Crippen LogP contribution < -0.4 is 16.0 Å². The van der Waals surface area contributed by atoms with Crippen LogP contribution in [0.15, 0.2) is 30.3 Å². The molecule has 1 amide bonds. The average molecular weight is 305 g/mol. The van der Waals surface area contributed by atoms with Crippen LogP contribution in [0.4, 0.5) is 0 Å². The Morgan fingerprint density at radius 2 is 2.10 bits per heavy atom. The third-order valence-corrected chi connectivity index (χ3v) is 4.05. The minimum absolute atomic E-state index is 0.272. The predicted molar refractivity (Wildman–Crippen MR) is 83.4 cm³/mol. The number of carbonyl (C=O) groups is 1. The van der Waals surface area contributed by atoms with Crippen molar-refractivity contribution in [1.82, 2.24) is 10.4 Å². The summed E-state index contributed by atoms with van der Waals surface area (Å²) in [4.78, 5) is 16.8. The fourth-order valence-electron chi connectivity index (χ4n) is 1.93. The summed E-state index contributed by atoms with van der Waals surface area (Å²) in [5, 5.41) is 0.896. The molecule has 3 N–H and O–H groups in total. The number of aromatic nitrogens is 1. The van der Waals surface area contributed by atoms with Gasteiger partial charge in [-0.1, -0.05) is 31.5 Å². The van der Waals surface area contributed by atoms with Crippen LogP contribution in [-0.4, -0.2) is 17.5 Å². The molecule has 2 aromatic rings. The van der Waals surface area contributed by atoms with Crippen molar-refractivity contribution < 1.29 is 9.53 Å². The van der Waals surface area contributed by atoms with E-state index in [2.05, 4.69) is 17.3 Å². The molecule has 1 heterocycles. The number of carbonyl (C=O) groups excluding carboxylic acids is 1. The number of nitrogens with two attached hydrogens (primary N) is 1. The summed E-state index contributed by atoms with van der Waals surface area (Å²) >= 11 is 1.38. The predicted octanol–water partition coefficient (Wildman–Crippen LogP) is 2.32. The van der Waals surface area contributed by atoms with Gasteiger partial charge in [-0.15, -0.1) is 11.3 Å². The number of aryl methyl sites for hydroxylation is 1. The van der Waals surface area contributed by atoms with E-state index in [-0.39, 0.29) is 5.91 Å². The quantitative estimate of drug-likeness (QED) is 0.467. The van der Waals surface area contributed by atoms with Gasteiger partial charge in [0, 0.05) is 6.42 Å². The molecule has 0 aliphatic carbocycles. The first kappa shape index (κ1) is 15.5. The Balaban J connectivity index is 1.98. The summed E-state index contributed by atoms with van der Waals surface area (Å²) in [6.45, 7) is 2.59. The van der Waals surface area contributed by atoms with Gasteiger partial charge in [0.1, 0.15) is 10.6 Å². The molecule has 0 radical (unpaired) electrons. The van der Waals surface area contributed by atoms with Gasteiger partial charge < -0.3 is 4.74 Å². The Morgan fingerprint density at radius 1 is 1.33 bits per heavy atom. The van der Waals surface area contributed by atoms with E-state index >= 15 is 0 Å². The Hall–Kier alpha value is -1.92. The standard InChI is InChI=1S/C15H19N3O2S/c1-2-6-12-14(15(19)18-16)21-13(17-12)9-10-20-11-7-4-3-5-8-11/h3-5,7-8H,2,6,9-10,16H2,1H3,(H,18,19). The molecule has 0 bridgehead atoms. The highest BCUT2D eigenvalue weighted by Crippen LogP contribution is 2.21. The maximum atomic E-state index is 11.7. The molecule has 0 atom stereocenters. The first-order chi connectivity index (χ1) is 10.2. The van der Waals surface area contributed by atoms with Crippen LogP contribution in [0.3, 0.4) is 0 Å². The zero-order valence-corrected chi connectivity index (χ0v) is 12.8. The fourth-order valence-corrected chi connectivity index (χ4v) is 2.92. The average Bonchev–Trinajstić information content (AvgIpc) is 2.91. The van der Waals surface area contributed by atoms with E-state index in [4.69, 9.17) is 10.6 Å². The third-order valence-electron chi connectivity index (χ3n) is 2.89. The number of rotatable bonds is 7. The van der Waals surface area contributed by atoms with Crippen molar-refractivity contribution in [2.75, 3.05) is 6.61 Å². The van der Waals surface area contributed by atoms with Gasteiger partial charge in [-0.3, -0.25) is 10.2 Å². The molecule has 0 aliphatic heterocycles. The molecule has 0 aliphatic rings. The van der Waals surface area contributed by atoms with Crippen molar-refractivity contribution in [2.24, 2.45) is 5.84 Å². The van der Waals surface area contributed by atoms with E-state index in [0.717, 1.165) is 29.3 Å².